The minimum Gasteiger partial charge on any atom is -0.497 e. The molecule has 6 heteroatoms. The quantitative estimate of drug-likeness (QED) is 0.479. The van der Waals surface area contributed by atoms with E-state index in [1.807, 2.05) is 50.1 Å². The molecule has 2 atom stereocenters. The summed E-state index contributed by atoms with van der Waals surface area (Å²) >= 11 is 0. The molecule has 0 fully saturated rings. The van der Waals surface area contributed by atoms with Crippen molar-refractivity contribution in [1.82, 2.24) is 5.06 Å². The van der Waals surface area contributed by atoms with Crippen LogP contribution in [0.3, 0.4) is 0 Å². The summed E-state index contributed by atoms with van der Waals surface area (Å²) in [4.78, 5) is 0. The first-order chi connectivity index (χ1) is 13.4. The van der Waals surface area contributed by atoms with Gasteiger partial charge in [0, 0.05) is 6.54 Å². The van der Waals surface area contributed by atoms with Crippen molar-refractivity contribution in [3.05, 3.63) is 47.7 Å². The lowest BCUT2D eigenvalue weighted by Gasteiger charge is -2.47. The summed E-state index contributed by atoms with van der Waals surface area (Å²) < 4.78 is 19.0. The van der Waals surface area contributed by atoms with E-state index in [4.69, 9.17) is 14.0 Å². The second-order valence-corrected chi connectivity index (χ2v) is 14.5. The summed E-state index contributed by atoms with van der Waals surface area (Å²) in [7, 11) is -2.13. The Morgan fingerprint density at radius 1 is 1.17 bits per heavy atom. The van der Waals surface area contributed by atoms with Crippen LogP contribution in [0, 0.1) is 0 Å². The van der Waals surface area contributed by atoms with E-state index in [1.54, 1.807) is 0 Å². The van der Waals surface area contributed by atoms with Crippen LogP contribution in [0.15, 0.2) is 42.2 Å². The predicted octanol–water partition coefficient (Wildman–Crippen LogP) is 4.88. The smallest absolute Gasteiger partial charge is 0.220 e. The maximum atomic E-state index is 10.2. The third kappa shape index (κ3) is 6.15. The predicted molar refractivity (Wildman–Crippen MR) is 120 cm³/mol. The lowest BCUT2D eigenvalue weighted by atomic mass is 9.97. The molecule has 1 aromatic carbocycles. The maximum absolute atomic E-state index is 10.2. The molecular formula is C23H39NO4Si. The van der Waals surface area contributed by atoms with Crippen molar-refractivity contribution in [2.45, 2.75) is 84.0 Å². The topological polar surface area (TPSA) is 51.2 Å². The zero-order valence-electron chi connectivity index (χ0n) is 19.4. The molecule has 0 unspecified atom stereocenters. The second-order valence-electron chi connectivity index (χ2n) is 9.78. The van der Waals surface area contributed by atoms with Crippen LogP contribution in [-0.2, 0) is 20.5 Å². The number of aliphatic hydroxyl groups is 1. The van der Waals surface area contributed by atoms with Crippen molar-refractivity contribution in [1.29, 1.82) is 0 Å². The molecule has 1 heterocycles. The lowest BCUT2D eigenvalue weighted by molar-refractivity contribution is -0.192. The van der Waals surface area contributed by atoms with Gasteiger partial charge in [-0.15, -0.1) is 0 Å². The molecule has 1 aliphatic heterocycles. The van der Waals surface area contributed by atoms with Crippen molar-refractivity contribution in [3.63, 3.8) is 0 Å². The van der Waals surface area contributed by atoms with Gasteiger partial charge in [0.15, 0.2) is 0 Å². The van der Waals surface area contributed by atoms with Gasteiger partial charge in [0.25, 0.3) is 0 Å². The van der Waals surface area contributed by atoms with Crippen molar-refractivity contribution >= 4 is 8.32 Å². The molecule has 0 bridgehead atoms. The van der Waals surface area contributed by atoms with Crippen LogP contribution in [-0.4, -0.2) is 49.4 Å². The summed E-state index contributed by atoms with van der Waals surface area (Å²) in [5.74, 6) is 0.803. The molecule has 0 spiro atoms. The number of hydroxylamine groups is 2. The lowest BCUT2D eigenvalue weighted by Crippen LogP contribution is -2.57. The molecule has 1 aromatic rings. The highest BCUT2D eigenvalue weighted by Gasteiger charge is 2.46. The average Bonchev–Trinajstić information content (AvgIpc) is 2.60. The Morgan fingerprint density at radius 2 is 1.79 bits per heavy atom. The minimum absolute atomic E-state index is 0.0426. The third-order valence-corrected chi connectivity index (χ3v) is 10.0. The fourth-order valence-electron chi connectivity index (χ4n) is 3.24. The number of ether oxygens (including phenoxy) is 2. The van der Waals surface area contributed by atoms with Gasteiger partial charge >= 0.3 is 0 Å². The van der Waals surface area contributed by atoms with Gasteiger partial charge in [-0.05, 0) is 50.5 Å². The van der Waals surface area contributed by atoms with E-state index in [0.29, 0.717) is 13.2 Å². The van der Waals surface area contributed by atoms with E-state index in [2.05, 4.69) is 46.0 Å². The Balaban J connectivity index is 2.48. The van der Waals surface area contributed by atoms with Gasteiger partial charge in [0.1, 0.15) is 17.9 Å². The molecule has 0 saturated heterocycles. The van der Waals surface area contributed by atoms with E-state index < -0.39 is 20.0 Å². The van der Waals surface area contributed by atoms with Gasteiger partial charge < -0.3 is 19.1 Å². The molecule has 5 nitrogen and oxygen atoms in total. The van der Waals surface area contributed by atoms with Crippen LogP contribution in [0.2, 0.25) is 18.1 Å². The van der Waals surface area contributed by atoms with Crippen molar-refractivity contribution < 1.29 is 19.1 Å². The zero-order valence-corrected chi connectivity index (χ0v) is 20.4. The molecule has 0 amide bonds. The van der Waals surface area contributed by atoms with Crippen molar-refractivity contribution in [3.8, 4) is 0 Å². The zero-order chi connectivity index (χ0) is 21.9. The fourth-order valence-corrected chi connectivity index (χ4v) is 4.28. The fraction of sp³-hybridized carbons (Fsp3) is 0.652. The molecule has 0 aliphatic carbocycles. The van der Waals surface area contributed by atoms with Crippen LogP contribution < -0.4 is 0 Å². The van der Waals surface area contributed by atoms with E-state index in [0.717, 1.165) is 11.3 Å². The molecule has 1 N–H and O–H groups in total. The Labute approximate surface area is 177 Å². The number of hydrogen-bond acceptors (Lipinski definition) is 5. The molecule has 29 heavy (non-hydrogen) atoms. The second kappa shape index (κ2) is 9.31. The standard InChI is InChI=1S/C23H39NO4Si/c1-9-26-19-15-23(5,6)27-20(17-25)21(19)24(16-18-13-11-10-12-14-18)28-29(7,8)22(2,3)4/h10-15,20-21,25H,9,16-17H2,1-8H3/t20-,21+/m1/s1. The minimum atomic E-state index is -2.13. The van der Waals surface area contributed by atoms with Crippen LogP contribution in [0.4, 0.5) is 0 Å². The van der Waals surface area contributed by atoms with Gasteiger partial charge in [0.05, 0.1) is 18.8 Å². The number of rotatable bonds is 8. The van der Waals surface area contributed by atoms with Crippen molar-refractivity contribution in [2.75, 3.05) is 13.2 Å². The van der Waals surface area contributed by atoms with Gasteiger partial charge in [-0.25, -0.2) is 0 Å². The van der Waals surface area contributed by atoms with E-state index in [9.17, 15) is 5.11 Å². The third-order valence-electron chi connectivity index (χ3n) is 5.72. The van der Waals surface area contributed by atoms with E-state index >= 15 is 0 Å². The molecule has 0 aromatic heterocycles. The number of hydrogen-bond donors (Lipinski definition) is 1. The van der Waals surface area contributed by atoms with E-state index in [-0.39, 0.29) is 17.7 Å². The van der Waals surface area contributed by atoms with Crippen LogP contribution in [0.5, 0.6) is 0 Å². The Morgan fingerprint density at radius 3 is 2.31 bits per heavy atom. The van der Waals surface area contributed by atoms with Gasteiger partial charge in [-0.2, -0.15) is 5.06 Å². The molecule has 1 aliphatic rings. The van der Waals surface area contributed by atoms with Crippen LogP contribution in [0.25, 0.3) is 0 Å². The first kappa shape index (κ1) is 24.1. The molecular weight excluding hydrogens is 382 g/mol. The molecule has 0 saturated carbocycles. The summed E-state index contributed by atoms with van der Waals surface area (Å²) in [6.07, 6.45) is 1.57. The number of nitrogens with zero attached hydrogens (tertiary/aromatic N) is 1. The Kier molecular flexibility index (Phi) is 7.73. The normalized spacial score (nSPS) is 22.5. The summed E-state index contributed by atoms with van der Waals surface area (Å²) in [5, 5.41) is 12.2. The molecule has 164 valence electrons. The summed E-state index contributed by atoms with van der Waals surface area (Å²) in [5.41, 5.74) is 0.632. The van der Waals surface area contributed by atoms with Crippen LogP contribution >= 0.6 is 0 Å². The largest absolute Gasteiger partial charge is 0.497 e. The summed E-state index contributed by atoms with van der Waals surface area (Å²) in [6, 6.07) is 9.94. The monoisotopic (exact) mass is 421 g/mol. The van der Waals surface area contributed by atoms with Crippen LogP contribution in [0.1, 0.15) is 47.1 Å². The Hall–Kier alpha value is -1.18. The summed E-state index contributed by atoms with van der Waals surface area (Å²) in [6.45, 7) is 18.1. The van der Waals surface area contributed by atoms with Gasteiger partial charge in [-0.3, -0.25) is 0 Å². The van der Waals surface area contributed by atoms with Gasteiger partial charge in [-0.1, -0.05) is 51.1 Å². The maximum Gasteiger partial charge on any atom is 0.220 e. The average molecular weight is 422 g/mol. The SMILES string of the molecule is CCOC1=CC(C)(C)O[C@H](CO)[C@H]1N(Cc1ccccc1)O[Si](C)(C)C(C)(C)C. The van der Waals surface area contributed by atoms with Crippen molar-refractivity contribution in [2.24, 2.45) is 0 Å². The molecule has 0 radical (unpaired) electrons. The number of aliphatic hydroxyl groups excluding tert-OH is 1. The van der Waals surface area contributed by atoms with E-state index in [1.165, 1.54) is 0 Å². The highest BCUT2D eigenvalue weighted by Crippen LogP contribution is 2.40. The Bertz CT molecular complexity index is 682. The first-order valence-corrected chi connectivity index (χ1v) is 13.4. The first-order valence-electron chi connectivity index (χ1n) is 10.5. The molecule has 2 rings (SSSR count). The highest BCUT2D eigenvalue weighted by molar-refractivity contribution is 6.74. The number of benzene rings is 1. The van der Waals surface area contributed by atoms with Gasteiger partial charge in [0.2, 0.25) is 8.32 Å². The highest BCUT2D eigenvalue weighted by atomic mass is 28.4.